The highest BCUT2D eigenvalue weighted by Crippen LogP contribution is 2.47. The quantitative estimate of drug-likeness (QED) is 0.764. The van der Waals surface area contributed by atoms with E-state index in [1.807, 2.05) is 0 Å². The molecule has 1 aliphatic carbocycles. The molecule has 1 aromatic heterocycles. The summed E-state index contributed by atoms with van der Waals surface area (Å²) in [5, 5.41) is 8.49. The summed E-state index contributed by atoms with van der Waals surface area (Å²) in [7, 11) is 0. The first-order chi connectivity index (χ1) is 6.10. The maximum absolute atomic E-state index is 10.3. The molecule has 1 aliphatic rings. The molecule has 1 N–H and O–H groups in total. The van der Waals surface area contributed by atoms with Crippen molar-refractivity contribution in [2.24, 2.45) is 0 Å². The Balaban J connectivity index is 2.14. The Morgan fingerprint density at radius 1 is 1.77 bits per heavy atom. The van der Waals surface area contributed by atoms with E-state index in [4.69, 9.17) is 9.52 Å². The van der Waals surface area contributed by atoms with Crippen molar-refractivity contribution in [3.05, 3.63) is 17.8 Å². The van der Waals surface area contributed by atoms with Gasteiger partial charge >= 0.3 is 5.97 Å². The van der Waals surface area contributed by atoms with Crippen molar-refractivity contribution in [1.82, 2.24) is 4.98 Å². The van der Waals surface area contributed by atoms with Crippen LogP contribution in [0, 0.1) is 0 Å². The average molecular weight is 181 g/mol. The molecule has 1 heterocycles. The van der Waals surface area contributed by atoms with E-state index in [-0.39, 0.29) is 11.8 Å². The Bertz CT molecular complexity index is 338. The molecular weight excluding hydrogens is 170 g/mol. The third kappa shape index (κ3) is 1.56. The molecule has 0 aliphatic heterocycles. The van der Waals surface area contributed by atoms with Crippen molar-refractivity contribution in [2.45, 2.75) is 31.6 Å². The van der Waals surface area contributed by atoms with E-state index in [0.717, 1.165) is 18.6 Å². The van der Waals surface area contributed by atoms with E-state index < -0.39 is 5.97 Å². The number of aliphatic carboxylic acids is 1. The number of aromatic nitrogens is 1. The standard InChI is InChI=1S/C9H11NO3/c1-9(2-3-9)6-5-10-7(13-6)4-8(11)12/h5H,2-4H2,1H3,(H,11,12). The number of carbonyl (C=O) groups is 1. The van der Waals surface area contributed by atoms with Gasteiger partial charge in [-0.3, -0.25) is 4.79 Å². The lowest BCUT2D eigenvalue weighted by atomic mass is 10.1. The summed E-state index contributed by atoms with van der Waals surface area (Å²) in [6.45, 7) is 2.10. The summed E-state index contributed by atoms with van der Waals surface area (Å²) in [5.74, 6) is 0.216. The fourth-order valence-corrected chi connectivity index (χ4v) is 1.23. The van der Waals surface area contributed by atoms with Crippen molar-refractivity contribution in [2.75, 3.05) is 0 Å². The molecule has 0 bridgehead atoms. The highest BCUT2D eigenvalue weighted by molar-refractivity contribution is 5.68. The minimum absolute atomic E-state index is 0.129. The Labute approximate surface area is 75.6 Å². The Hall–Kier alpha value is -1.32. The van der Waals surface area contributed by atoms with Gasteiger partial charge in [0.1, 0.15) is 12.2 Å². The van der Waals surface area contributed by atoms with Crippen LogP contribution in [-0.4, -0.2) is 16.1 Å². The summed E-state index contributed by atoms with van der Waals surface area (Å²) in [5.41, 5.74) is 0.129. The van der Waals surface area contributed by atoms with Gasteiger partial charge in [-0.05, 0) is 12.8 Å². The molecule has 2 rings (SSSR count). The minimum atomic E-state index is -0.908. The Kier molecular flexibility index (Phi) is 1.65. The number of hydrogen-bond acceptors (Lipinski definition) is 3. The fraction of sp³-hybridized carbons (Fsp3) is 0.556. The maximum Gasteiger partial charge on any atom is 0.312 e. The van der Waals surface area contributed by atoms with Gasteiger partial charge in [0.05, 0.1) is 6.20 Å². The van der Waals surface area contributed by atoms with E-state index in [1.54, 1.807) is 6.20 Å². The first-order valence-corrected chi connectivity index (χ1v) is 4.27. The zero-order valence-corrected chi connectivity index (χ0v) is 7.41. The molecule has 4 nitrogen and oxygen atoms in total. The first-order valence-electron chi connectivity index (χ1n) is 4.27. The van der Waals surface area contributed by atoms with Crippen molar-refractivity contribution in [1.29, 1.82) is 0 Å². The van der Waals surface area contributed by atoms with Crippen LogP contribution < -0.4 is 0 Å². The van der Waals surface area contributed by atoms with E-state index in [0.29, 0.717) is 5.89 Å². The van der Waals surface area contributed by atoms with Crippen LogP contribution in [-0.2, 0) is 16.6 Å². The van der Waals surface area contributed by atoms with E-state index in [2.05, 4.69) is 11.9 Å². The molecule has 70 valence electrons. The van der Waals surface area contributed by atoms with Gasteiger partial charge in [0.15, 0.2) is 0 Å². The van der Waals surface area contributed by atoms with Crippen LogP contribution in [0.1, 0.15) is 31.4 Å². The Morgan fingerprint density at radius 3 is 3.00 bits per heavy atom. The molecule has 13 heavy (non-hydrogen) atoms. The molecule has 0 amide bonds. The number of hydrogen-bond donors (Lipinski definition) is 1. The van der Waals surface area contributed by atoms with Gasteiger partial charge in [-0.25, -0.2) is 4.98 Å². The van der Waals surface area contributed by atoms with Crippen LogP contribution in [0.2, 0.25) is 0 Å². The maximum atomic E-state index is 10.3. The number of oxazole rings is 1. The smallest absolute Gasteiger partial charge is 0.312 e. The van der Waals surface area contributed by atoms with Crippen LogP contribution in [0.25, 0.3) is 0 Å². The number of rotatable bonds is 3. The lowest BCUT2D eigenvalue weighted by molar-refractivity contribution is -0.136. The number of carboxylic acids is 1. The van der Waals surface area contributed by atoms with Crippen LogP contribution in [0.5, 0.6) is 0 Å². The van der Waals surface area contributed by atoms with Gasteiger partial charge in [0.2, 0.25) is 5.89 Å². The minimum Gasteiger partial charge on any atom is -0.481 e. The second kappa shape index (κ2) is 2.58. The van der Waals surface area contributed by atoms with Crippen LogP contribution >= 0.6 is 0 Å². The van der Waals surface area contributed by atoms with Gasteiger partial charge in [0, 0.05) is 5.41 Å². The summed E-state index contributed by atoms with van der Waals surface area (Å²) in [6, 6.07) is 0. The normalized spacial score (nSPS) is 18.5. The lowest BCUT2D eigenvalue weighted by Crippen LogP contribution is -2.00. The van der Waals surface area contributed by atoms with Gasteiger partial charge in [-0.2, -0.15) is 0 Å². The van der Waals surface area contributed by atoms with Crippen molar-refractivity contribution >= 4 is 5.97 Å². The van der Waals surface area contributed by atoms with E-state index in [9.17, 15) is 4.79 Å². The zero-order chi connectivity index (χ0) is 9.47. The van der Waals surface area contributed by atoms with Crippen molar-refractivity contribution in [3.8, 4) is 0 Å². The van der Waals surface area contributed by atoms with Gasteiger partial charge in [0.25, 0.3) is 0 Å². The molecule has 0 radical (unpaired) electrons. The van der Waals surface area contributed by atoms with Gasteiger partial charge < -0.3 is 9.52 Å². The van der Waals surface area contributed by atoms with Crippen molar-refractivity contribution in [3.63, 3.8) is 0 Å². The third-order valence-corrected chi connectivity index (χ3v) is 2.45. The average Bonchev–Trinajstić information content (AvgIpc) is 2.62. The van der Waals surface area contributed by atoms with Gasteiger partial charge in [-0.1, -0.05) is 6.92 Å². The van der Waals surface area contributed by atoms with E-state index in [1.165, 1.54) is 0 Å². The summed E-state index contributed by atoms with van der Waals surface area (Å²) < 4.78 is 5.33. The lowest BCUT2D eigenvalue weighted by Gasteiger charge is -2.00. The van der Waals surface area contributed by atoms with Crippen molar-refractivity contribution < 1.29 is 14.3 Å². The monoisotopic (exact) mass is 181 g/mol. The van der Waals surface area contributed by atoms with E-state index >= 15 is 0 Å². The van der Waals surface area contributed by atoms with Crippen LogP contribution in [0.15, 0.2) is 10.6 Å². The molecule has 0 saturated heterocycles. The predicted molar refractivity (Wildman–Crippen MR) is 44.4 cm³/mol. The molecule has 0 unspecified atom stereocenters. The zero-order valence-electron chi connectivity index (χ0n) is 7.41. The number of carboxylic acid groups (broad SMARTS) is 1. The first kappa shape index (κ1) is 8.29. The summed E-state index contributed by atoms with van der Waals surface area (Å²) in [6.07, 6.45) is 3.73. The molecule has 1 aromatic rings. The summed E-state index contributed by atoms with van der Waals surface area (Å²) in [4.78, 5) is 14.3. The van der Waals surface area contributed by atoms with Crippen LogP contribution in [0.4, 0.5) is 0 Å². The molecule has 1 saturated carbocycles. The fourth-order valence-electron chi connectivity index (χ4n) is 1.23. The molecule has 0 atom stereocenters. The molecular formula is C9H11NO3. The third-order valence-electron chi connectivity index (χ3n) is 2.45. The molecule has 1 fully saturated rings. The molecule has 0 spiro atoms. The second-order valence-corrected chi connectivity index (χ2v) is 3.75. The SMILES string of the molecule is CC1(c2cnc(CC(=O)O)o2)CC1. The molecule has 4 heteroatoms. The largest absolute Gasteiger partial charge is 0.481 e. The predicted octanol–water partition coefficient (Wildman–Crippen LogP) is 1.35. The topological polar surface area (TPSA) is 63.3 Å². The Morgan fingerprint density at radius 2 is 2.46 bits per heavy atom. The highest BCUT2D eigenvalue weighted by Gasteiger charge is 2.42. The molecule has 0 aromatic carbocycles. The van der Waals surface area contributed by atoms with Crippen LogP contribution in [0.3, 0.4) is 0 Å². The summed E-state index contributed by atoms with van der Waals surface area (Å²) >= 11 is 0. The van der Waals surface area contributed by atoms with Gasteiger partial charge in [-0.15, -0.1) is 0 Å². The number of nitrogens with zero attached hydrogens (tertiary/aromatic N) is 1. The second-order valence-electron chi connectivity index (χ2n) is 3.75. The highest BCUT2D eigenvalue weighted by atomic mass is 16.4.